The number of carbonyl (C=O) groups excluding carboxylic acids is 3. The van der Waals surface area contributed by atoms with Gasteiger partial charge in [-0.3, -0.25) is 9.59 Å². The summed E-state index contributed by atoms with van der Waals surface area (Å²) in [5.74, 6) is -8.35. The smallest absolute Gasteiger partial charge is 0.351 e. The number of ether oxygens (including phenoxy) is 2. The summed E-state index contributed by atoms with van der Waals surface area (Å²) in [5.41, 5.74) is -2.01. The average Bonchev–Trinajstić information content (AvgIpc) is 2.81. The molecule has 190 valence electrons. The van der Waals surface area contributed by atoms with Crippen molar-refractivity contribution in [2.75, 3.05) is 7.11 Å². The molecule has 0 fully saturated rings. The van der Waals surface area contributed by atoms with Gasteiger partial charge in [-0.15, -0.1) is 0 Å². The minimum Gasteiger partial charge on any atom is -0.507 e. The van der Waals surface area contributed by atoms with E-state index in [0.29, 0.717) is 12.8 Å². The highest BCUT2D eigenvalue weighted by atomic mass is 16.5. The molecule has 0 aliphatic rings. The fraction of sp³-hybridized carbons (Fsp3) is 0.400. The molecule has 0 saturated carbocycles. The molecule has 10 heteroatoms. The number of carbonyl (C=O) groups is 3. The molecule has 0 spiro atoms. The second-order valence-electron chi connectivity index (χ2n) is 8.22. The Balaban J connectivity index is 2.73. The molecular weight excluding hydrogens is 460 g/mol. The molecule has 1 atom stereocenters. The highest BCUT2D eigenvalue weighted by Gasteiger charge is 2.34. The zero-order valence-corrected chi connectivity index (χ0v) is 20.5. The lowest BCUT2D eigenvalue weighted by Crippen LogP contribution is -2.16. The predicted octanol–water partition coefficient (Wildman–Crippen LogP) is 4.27. The van der Waals surface area contributed by atoms with Gasteiger partial charge in [0, 0.05) is 23.5 Å². The normalized spacial score (nSPS) is 11.7. The first-order valence-electron chi connectivity index (χ1n) is 11.0. The van der Waals surface area contributed by atoms with Crippen molar-refractivity contribution in [3.05, 3.63) is 27.8 Å². The van der Waals surface area contributed by atoms with Gasteiger partial charge in [-0.25, -0.2) is 4.79 Å². The average molecular weight is 491 g/mol. The van der Waals surface area contributed by atoms with Gasteiger partial charge in [0.05, 0.1) is 7.11 Å². The zero-order chi connectivity index (χ0) is 26.8. The van der Waals surface area contributed by atoms with Crippen LogP contribution in [0.2, 0.25) is 0 Å². The molecule has 0 saturated heterocycles. The molecule has 0 aliphatic heterocycles. The number of esters is 1. The number of Topliss-reactive ketones (excluding diaryl/α,β-unsaturated/α-hetero) is 2. The Morgan fingerprint density at radius 2 is 1.34 bits per heavy atom. The maximum absolute atomic E-state index is 13.0. The van der Waals surface area contributed by atoms with Crippen molar-refractivity contribution < 1.29 is 49.4 Å². The van der Waals surface area contributed by atoms with Crippen LogP contribution in [0.5, 0.6) is 40.2 Å². The lowest BCUT2D eigenvalue weighted by atomic mass is 9.91. The zero-order valence-electron chi connectivity index (χ0n) is 20.5. The Kier molecular flexibility index (Phi) is 8.22. The molecule has 2 aromatic rings. The number of ketones is 2. The van der Waals surface area contributed by atoms with Crippen LogP contribution in [-0.4, -0.2) is 50.2 Å². The Bertz CT molecular complexity index is 1200. The molecule has 10 nitrogen and oxygen atoms in total. The van der Waals surface area contributed by atoms with Crippen LogP contribution in [-0.2, 0) is 0 Å². The summed E-state index contributed by atoms with van der Waals surface area (Å²) in [4.78, 5) is 38.4. The number of methoxy groups -OCH3 is 1. The molecule has 0 aliphatic carbocycles. The van der Waals surface area contributed by atoms with Crippen molar-refractivity contribution in [3.63, 3.8) is 0 Å². The van der Waals surface area contributed by atoms with Gasteiger partial charge in [-0.05, 0) is 26.7 Å². The van der Waals surface area contributed by atoms with Crippen LogP contribution in [0.3, 0.4) is 0 Å². The highest BCUT2D eigenvalue weighted by Crippen LogP contribution is 2.49. The van der Waals surface area contributed by atoms with E-state index in [0.717, 1.165) is 0 Å². The quantitative estimate of drug-likeness (QED) is 0.194. The van der Waals surface area contributed by atoms with Gasteiger partial charge in [-0.2, -0.15) is 0 Å². The highest BCUT2D eigenvalue weighted by molar-refractivity contribution is 6.09. The van der Waals surface area contributed by atoms with E-state index in [-0.39, 0.29) is 28.9 Å². The molecule has 0 heterocycles. The van der Waals surface area contributed by atoms with Crippen molar-refractivity contribution in [2.45, 2.75) is 53.9 Å². The van der Waals surface area contributed by atoms with Crippen molar-refractivity contribution in [2.24, 2.45) is 5.92 Å². The summed E-state index contributed by atoms with van der Waals surface area (Å²) < 4.78 is 10.3. The summed E-state index contributed by atoms with van der Waals surface area (Å²) in [6.07, 6.45) is 0.845. The fourth-order valence-electron chi connectivity index (χ4n) is 3.60. The molecule has 2 rings (SSSR count). The standard InChI is InChI=1S/C25H30O10/c1-7-9-13(26)14-22(32)24(20(30)12(5)23(14)34-6)35-25(33)16-19(29)11(4)18(28)15(21(16)31)17(27)10(3)8-2/h10,28-32H,7-9H2,1-6H3. The summed E-state index contributed by atoms with van der Waals surface area (Å²) in [7, 11) is 1.24. The molecule has 1 unspecified atom stereocenters. The minimum absolute atomic E-state index is 0.00415. The monoisotopic (exact) mass is 490 g/mol. The lowest BCUT2D eigenvalue weighted by molar-refractivity contribution is 0.0715. The van der Waals surface area contributed by atoms with E-state index in [1.807, 2.05) is 0 Å². The summed E-state index contributed by atoms with van der Waals surface area (Å²) >= 11 is 0. The first kappa shape index (κ1) is 27.3. The van der Waals surface area contributed by atoms with E-state index in [2.05, 4.69) is 0 Å². The van der Waals surface area contributed by atoms with E-state index >= 15 is 0 Å². The second-order valence-corrected chi connectivity index (χ2v) is 8.22. The summed E-state index contributed by atoms with van der Waals surface area (Å²) in [6, 6.07) is 0. The van der Waals surface area contributed by atoms with Crippen LogP contribution in [0.15, 0.2) is 0 Å². The SMILES string of the molecule is CCCC(=O)c1c(O)c(OC(=O)c2c(O)c(C)c(O)c(C(=O)C(C)CC)c2O)c(O)c(C)c1OC. The van der Waals surface area contributed by atoms with Gasteiger partial charge in [0.1, 0.15) is 39.7 Å². The van der Waals surface area contributed by atoms with Gasteiger partial charge in [0.15, 0.2) is 23.1 Å². The largest absolute Gasteiger partial charge is 0.507 e. The number of hydrogen-bond acceptors (Lipinski definition) is 10. The van der Waals surface area contributed by atoms with Crippen LogP contribution >= 0.6 is 0 Å². The van der Waals surface area contributed by atoms with Crippen LogP contribution in [0.25, 0.3) is 0 Å². The number of benzene rings is 2. The number of phenols is 5. The third-order valence-electron chi connectivity index (χ3n) is 5.91. The molecule has 0 radical (unpaired) electrons. The molecule has 0 aromatic heterocycles. The van der Waals surface area contributed by atoms with Crippen LogP contribution in [0.4, 0.5) is 0 Å². The van der Waals surface area contributed by atoms with Gasteiger partial charge in [0.2, 0.25) is 5.75 Å². The number of aromatic hydroxyl groups is 5. The fourth-order valence-corrected chi connectivity index (χ4v) is 3.60. The predicted molar refractivity (Wildman–Crippen MR) is 125 cm³/mol. The van der Waals surface area contributed by atoms with Crippen molar-refractivity contribution >= 4 is 17.5 Å². The Morgan fingerprint density at radius 3 is 1.86 bits per heavy atom. The van der Waals surface area contributed by atoms with E-state index in [1.54, 1.807) is 20.8 Å². The molecule has 5 N–H and O–H groups in total. The molecule has 0 amide bonds. The van der Waals surface area contributed by atoms with Gasteiger partial charge < -0.3 is 35.0 Å². The van der Waals surface area contributed by atoms with Crippen LogP contribution in [0.1, 0.15) is 82.2 Å². The van der Waals surface area contributed by atoms with E-state index in [9.17, 15) is 39.9 Å². The van der Waals surface area contributed by atoms with Gasteiger partial charge in [0.25, 0.3) is 0 Å². The maximum atomic E-state index is 13.0. The second kappa shape index (κ2) is 10.5. The summed E-state index contributed by atoms with van der Waals surface area (Å²) in [6.45, 7) is 7.62. The number of rotatable bonds is 9. The molecule has 2 aromatic carbocycles. The Labute approximate surface area is 202 Å². The van der Waals surface area contributed by atoms with E-state index < -0.39 is 69.1 Å². The van der Waals surface area contributed by atoms with Crippen molar-refractivity contribution in [1.29, 1.82) is 0 Å². The number of phenolic OH excluding ortho intramolecular Hbond substituents is 5. The first-order chi connectivity index (χ1) is 16.3. The molecule has 0 bridgehead atoms. The van der Waals surface area contributed by atoms with Crippen molar-refractivity contribution in [1.82, 2.24) is 0 Å². The van der Waals surface area contributed by atoms with E-state index in [1.165, 1.54) is 21.0 Å². The topological polar surface area (TPSA) is 171 Å². The Hall–Kier alpha value is -3.95. The maximum Gasteiger partial charge on any atom is 0.351 e. The van der Waals surface area contributed by atoms with Gasteiger partial charge >= 0.3 is 5.97 Å². The Morgan fingerprint density at radius 1 is 0.771 bits per heavy atom. The third kappa shape index (κ3) is 4.68. The first-order valence-corrected chi connectivity index (χ1v) is 11.0. The third-order valence-corrected chi connectivity index (χ3v) is 5.91. The lowest BCUT2D eigenvalue weighted by Gasteiger charge is -2.19. The number of hydrogen-bond donors (Lipinski definition) is 5. The minimum atomic E-state index is -1.45. The van der Waals surface area contributed by atoms with Crippen molar-refractivity contribution in [3.8, 4) is 40.2 Å². The molecular formula is C25H30O10. The van der Waals surface area contributed by atoms with Crippen LogP contribution in [0, 0.1) is 19.8 Å². The van der Waals surface area contributed by atoms with Gasteiger partial charge in [-0.1, -0.05) is 20.8 Å². The van der Waals surface area contributed by atoms with E-state index in [4.69, 9.17) is 9.47 Å². The van der Waals surface area contributed by atoms with Crippen LogP contribution < -0.4 is 9.47 Å². The summed E-state index contributed by atoms with van der Waals surface area (Å²) in [5, 5.41) is 52.8. The molecule has 35 heavy (non-hydrogen) atoms.